The number of carbonyl (C=O) groups excluding carboxylic acids is 1. The van der Waals surface area contributed by atoms with Crippen molar-refractivity contribution in [1.29, 1.82) is 0 Å². The second kappa shape index (κ2) is 6.22. The first-order chi connectivity index (χ1) is 9.50. The number of para-hydroxylation sites is 1. The Labute approximate surface area is 125 Å². The van der Waals surface area contributed by atoms with Crippen molar-refractivity contribution < 1.29 is 4.79 Å². The highest BCUT2D eigenvalue weighted by atomic mass is 32.1. The van der Waals surface area contributed by atoms with Gasteiger partial charge in [-0.3, -0.25) is 4.90 Å². The van der Waals surface area contributed by atoms with E-state index in [-0.39, 0.29) is 6.03 Å². The number of nitrogens with two attached hydrogens (primary N) is 1. The highest BCUT2D eigenvalue weighted by Gasteiger charge is 2.24. The van der Waals surface area contributed by atoms with E-state index in [1.54, 1.807) is 11.9 Å². The molecule has 1 aromatic rings. The van der Waals surface area contributed by atoms with Gasteiger partial charge in [-0.25, -0.2) is 4.79 Å². The molecule has 20 heavy (non-hydrogen) atoms. The molecule has 1 aliphatic heterocycles. The van der Waals surface area contributed by atoms with E-state index >= 15 is 0 Å². The van der Waals surface area contributed by atoms with Gasteiger partial charge in [-0.2, -0.15) is 0 Å². The Kier molecular flexibility index (Phi) is 4.60. The van der Waals surface area contributed by atoms with Crippen molar-refractivity contribution in [1.82, 2.24) is 4.90 Å². The Morgan fingerprint density at radius 1 is 1.35 bits per heavy atom. The summed E-state index contributed by atoms with van der Waals surface area (Å²) in [5.74, 6) is 0.702. The van der Waals surface area contributed by atoms with E-state index in [2.05, 4.69) is 6.92 Å². The number of benzene rings is 1. The second-order valence-corrected chi connectivity index (χ2v) is 5.83. The molecule has 0 radical (unpaired) electrons. The zero-order valence-corrected chi connectivity index (χ0v) is 12.8. The third-order valence-corrected chi connectivity index (χ3v) is 4.09. The van der Waals surface area contributed by atoms with Crippen molar-refractivity contribution in [3.05, 3.63) is 29.8 Å². The quantitative estimate of drug-likeness (QED) is 0.852. The third-order valence-electron chi connectivity index (χ3n) is 3.87. The Hall–Kier alpha value is -1.62. The Balaban J connectivity index is 2.17. The predicted octanol–water partition coefficient (Wildman–Crippen LogP) is 2.61. The van der Waals surface area contributed by atoms with Gasteiger partial charge in [-0.05, 0) is 30.9 Å². The van der Waals surface area contributed by atoms with Crippen LogP contribution in [0.15, 0.2) is 24.3 Å². The lowest BCUT2D eigenvalue weighted by molar-refractivity contribution is 0.181. The molecule has 1 aromatic carbocycles. The van der Waals surface area contributed by atoms with Gasteiger partial charge in [0.25, 0.3) is 0 Å². The van der Waals surface area contributed by atoms with E-state index in [4.69, 9.17) is 18.0 Å². The molecule has 2 N–H and O–H groups in total. The van der Waals surface area contributed by atoms with Gasteiger partial charge in [-0.1, -0.05) is 31.3 Å². The van der Waals surface area contributed by atoms with Crippen LogP contribution in [0.3, 0.4) is 0 Å². The molecule has 1 saturated heterocycles. The lowest BCUT2D eigenvalue weighted by atomic mass is 9.99. The first-order valence-corrected chi connectivity index (χ1v) is 7.33. The van der Waals surface area contributed by atoms with Crippen LogP contribution in [0.5, 0.6) is 0 Å². The first kappa shape index (κ1) is 14.8. The fraction of sp³-hybridized carbons (Fsp3) is 0.467. The van der Waals surface area contributed by atoms with Gasteiger partial charge in [0.05, 0.1) is 5.69 Å². The van der Waals surface area contributed by atoms with E-state index in [1.165, 1.54) is 0 Å². The molecule has 0 bridgehead atoms. The number of likely N-dealkylation sites (tertiary alicyclic amines) is 1. The summed E-state index contributed by atoms with van der Waals surface area (Å²) < 4.78 is 0. The lowest BCUT2D eigenvalue weighted by Crippen LogP contribution is -2.45. The van der Waals surface area contributed by atoms with Crippen LogP contribution in [-0.2, 0) is 0 Å². The van der Waals surface area contributed by atoms with Crippen LogP contribution in [0.2, 0.25) is 0 Å². The molecule has 0 unspecified atom stereocenters. The Morgan fingerprint density at radius 3 is 2.55 bits per heavy atom. The summed E-state index contributed by atoms with van der Waals surface area (Å²) in [6.45, 7) is 3.87. The normalized spacial score (nSPS) is 16.0. The molecule has 5 heteroatoms. The summed E-state index contributed by atoms with van der Waals surface area (Å²) in [6, 6.07) is 7.50. The average molecular weight is 291 g/mol. The molecule has 0 spiro atoms. The number of anilines is 1. The van der Waals surface area contributed by atoms with Crippen molar-refractivity contribution >= 4 is 28.9 Å². The number of hydrogen-bond acceptors (Lipinski definition) is 2. The van der Waals surface area contributed by atoms with Crippen LogP contribution in [0.25, 0.3) is 0 Å². The standard InChI is InChI=1S/C15H21N3OS/c1-11-7-9-18(10-8-11)15(19)17(2)13-6-4-3-5-12(13)14(16)20/h3-6,11H,7-10H2,1-2H3,(H2,16,20). The fourth-order valence-electron chi connectivity index (χ4n) is 2.49. The van der Waals surface area contributed by atoms with Gasteiger partial charge in [-0.15, -0.1) is 0 Å². The number of rotatable bonds is 2. The summed E-state index contributed by atoms with van der Waals surface area (Å²) in [6.07, 6.45) is 2.13. The summed E-state index contributed by atoms with van der Waals surface area (Å²) >= 11 is 5.05. The van der Waals surface area contributed by atoms with Crippen molar-refractivity contribution in [3.8, 4) is 0 Å². The van der Waals surface area contributed by atoms with Gasteiger partial charge in [0, 0.05) is 25.7 Å². The largest absolute Gasteiger partial charge is 0.389 e. The minimum atomic E-state index is 0.0144. The molecule has 0 saturated carbocycles. The second-order valence-electron chi connectivity index (χ2n) is 5.39. The summed E-state index contributed by atoms with van der Waals surface area (Å²) in [4.78, 5) is 16.4. The van der Waals surface area contributed by atoms with Crippen LogP contribution in [0.1, 0.15) is 25.3 Å². The maximum atomic E-state index is 12.5. The number of nitrogens with zero attached hydrogens (tertiary/aromatic N) is 2. The van der Waals surface area contributed by atoms with Crippen LogP contribution >= 0.6 is 12.2 Å². The molecular formula is C15H21N3OS. The summed E-state index contributed by atoms with van der Waals surface area (Å²) in [5, 5.41) is 0. The molecular weight excluding hydrogens is 270 g/mol. The molecule has 108 valence electrons. The predicted molar refractivity (Wildman–Crippen MR) is 86.1 cm³/mol. The van der Waals surface area contributed by atoms with Crippen LogP contribution < -0.4 is 10.6 Å². The molecule has 1 heterocycles. The van der Waals surface area contributed by atoms with Crippen LogP contribution in [-0.4, -0.2) is 36.1 Å². The maximum absolute atomic E-state index is 12.5. The number of amides is 2. The van der Waals surface area contributed by atoms with Gasteiger partial charge >= 0.3 is 6.03 Å². The lowest BCUT2D eigenvalue weighted by Gasteiger charge is -2.34. The molecule has 0 aromatic heterocycles. The summed E-state index contributed by atoms with van der Waals surface area (Å²) in [7, 11) is 1.78. The highest BCUT2D eigenvalue weighted by molar-refractivity contribution is 7.80. The number of urea groups is 1. The first-order valence-electron chi connectivity index (χ1n) is 6.92. The number of thiocarbonyl (C=S) groups is 1. The SMILES string of the molecule is CC1CCN(C(=O)N(C)c2ccccc2C(N)=S)CC1. The number of carbonyl (C=O) groups is 1. The molecule has 0 atom stereocenters. The van der Waals surface area contributed by atoms with Crippen molar-refractivity contribution in [2.24, 2.45) is 11.7 Å². The molecule has 0 aliphatic carbocycles. The van der Waals surface area contributed by atoms with Gasteiger partial charge < -0.3 is 10.6 Å². The minimum Gasteiger partial charge on any atom is -0.389 e. The van der Waals surface area contributed by atoms with Gasteiger partial charge in [0.1, 0.15) is 4.99 Å². The van der Waals surface area contributed by atoms with Crippen molar-refractivity contribution in [2.75, 3.05) is 25.0 Å². The van der Waals surface area contributed by atoms with Crippen molar-refractivity contribution in [3.63, 3.8) is 0 Å². The number of piperidine rings is 1. The van der Waals surface area contributed by atoms with Crippen LogP contribution in [0, 0.1) is 5.92 Å². The average Bonchev–Trinajstić information content (AvgIpc) is 2.46. The van der Waals surface area contributed by atoms with Gasteiger partial charge in [0.15, 0.2) is 0 Å². The smallest absolute Gasteiger partial charge is 0.324 e. The molecule has 1 aliphatic rings. The van der Waals surface area contributed by atoms with E-state index in [0.717, 1.165) is 37.2 Å². The zero-order valence-electron chi connectivity index (χ0n) is 12.0. The van der Waals surface area contributed by atoms with Gasteiger partial charge in [0.2, 0.25) is 0 Å². The molecule has 1 fully saturated rings. The zero-order chi connectivity index (χ0) is 14.7. The van der Waals surface area contributed by atoms with E-state index in [1.807, 2.05) is 29.2 Å². The van der Waals surface area contributed by atoms with Crippen molar-refractivity contribution in [2.45, 2.75) is 19.8 Å². The fourth-order valence-corrected chi connectivity index (χ4v) is 2.66. The van der Waals surface area contributed by atoms with E-state index in [9.17, 15) is 4.79 Å². The monoisotopic (exact) mass is 291 g/mol. The summed E-state index contributed by atoms with van der Waals surface area (Å²) in [5.41, 5.74) is 7.24. The van der Waals surface area contributed by atoms with Crippen LogP contribution in [0.4, 0.5) is 10.5 Å². The minimum absolute atomic E-state index is 0.0144. The van der Waals surface area contributed by atoms with E-state index in [0.29, 0.717) is 10.9 Å². The number of hydrogen-bond donors (Lipinski definition) is 1. The molecule has 2 amide bonds. The maximum Gasteiger partial charge on any atom is 0.324 e. The Morgan fingerprint density at radius 2 is 1.95 bits per heavy atom. The molecule has 2 rings (SSSR count). The van der Waals surface area contributed by atoms with E-state index < -0.39 is 0 Å². The highest BCUT2D eigenvalue weighted by Crippen LogP contribution is 2.23. The Bertz CT molecular complexity index is 510. The third kappa shape index (κ3) is 3.10. The molecule has 4 nitrogen and oxygen atoms in total. The topological polar surface area (TPSA) is 49.6 Å².